The zero-order valence-corrected chi connectivity index (χ0v) is 15.9. The van der Waals surface area contributed by atoms with Gasteiger partial charge in [-0.25, -0.2) is 5.26 Å². The van der Waals surface area contributed by atoms with Crippen molar-refractivity contribution in [2.75, 3.05) is 0 Å². The van der Waals surface area contributed by atoms with E-state index in [1.807, 2.05) is 54.6 Å². The Balaban J connectivity index is 2.42. The van der Waals surface area contributed by atoms with Crippen LogP contribution in [0, 0.1) is 11.2 Å². The van der Waals surface area contributed by atoms with Gasteiger partial charge in [0.2, 0.25) is 6.43 Å². The molecule has 0 spiro atoms. The normalized spacial score (nSPS) is 11.5. The monoisotopic (exact) mass is 382 g/mol. The SMILES string of the molecule is N#C[B-](C(Cl)Cl)[P+](c1ccccc1)(c1ccccc1)c1ccccc1. The number of alkyl halides is 2. The molecule has 0 bridgehead atoms. The minimum atomic E-state index is -2.34. The highest BCUT2D eigenvalue weighted by Gasteiger charge is 2.47. The van der Waals surface area contributed by atoms with Crippen molar-refractivity contribution in [3.63, 3.8) is 0 Å². The van der Waals surface area contributed by atoms with Crippen LogP contribution in [0.2, 0.25) is 0 Å². The predicted molar refractivity (Wildman–Crippen MR) is 112 cm³/mol. The highest BCUT2D eigenvalue weighted by Crippen LogP contribution is 2.59. The summed E-state index contributed by atoms with van der Waals surface area (Å²) in [7, 11) is -2.34. The summed E-state index contributed by atoms with van der Waals surface area (Å²) in [6.07, 6.45) is -0.539. The number of halogens is 2. The lowest BCUT2D eigenvalue weighted by Crippen LogP contribution is -2.44. The third-order valence-corrected chi connectivity index (χ3v) is 9.72. The molecule has 0 unspecified atom stereocenters. The van der Waals surface area contributed by atoms with Crippen LogP contribution in [-0.2, 0) is 0 Å². The summed E-state index contributed by atoms with van der Waals surface area (Å²) in [5.74, 6) is 2.42. The summed E-state index contributed by atoms with van der Waals surface area (Å²) in [4.78, 5) is 0. The quantitative estimate of drug-likeness (QED) is 0.365. The molecule has 123 valence electrons. The van der Waals surface area contributed by atoms with Crippen LogP contribution in [0.4, 0.5) is 0 Å². The highest BCUT2D eigenvalue weighted by atomic mass is 35.5. The van der Waals surface area contributed by atoms with Crippen molar-refractivity contribution < 1.29 is 0 Å². The molecule has 0 aliphatic carbocycles. The summed E-state index contributed by atoms with van der Waals surface area (Å²) in [5.41, 5.74) is 0. The summed E-state index contributed by atoms with van der Waals surface area (Å²) in [6.45, 7) is 0. The van der Waals surface area contributed by atoms with Gasteiger partial charge in [-0.2, -0.15) is 0 Å². The summed E-state index contributed by atoms with van der Waals surface area (Å²) < 4.78 is -0.793. The first-order valence-corrected chi connectivity index (χ1v) is 10.7. The van der Waals surface area contributed by atoms with Gasteiger partial charge in [-0.05, 0) is 36.4 Å². The Kier molecular flexibility index (Phi) is 5.82. The second kappa shape index (κ2) is 8.07. The molecule has 3 aromatic rings. The minimum Gasteiger partial charge on any atom is -0.248 e. The highest BCUT2D eigenvalue weighted by molar-refractivity contribution is 8.20. The fraction of sp³-hybridized carbons (Fsp3) is 0.0500. The Morgan fingerprint density at radius 2 is 1.00 bits per heavy atom. The third-order valence-electron chi connectivity index (χ3n) is 4.28. The first kappa shape index (κ1) is 18.0. The summed E-state index contributed by atoms with van der Waals surface area (Å²) >= 11 is 12.7. The standard InChI is InChI=1S/C20H16BCl2NP/c22-20(23)21(16-24)25(17-10-4-1-5-11-17,18-12-6-2-7-13-18)19-14-8-3-9-15-19/h1-15,20H. The van der Waals surface area contributed by atoms with Crippen LogP contribution in [0.25, 0.3) is 0 Å². The van der Waals surface area contributed by atoms with E-state index in [0.717, 1.165) is 15.9 Å². The molecule has 1 nitrogen and oxygen atoms in total. The lowest BCUT2D eigenvalue weighted by Gasteiger charge is -2.40. The molecule has 0 aromatic heterocycles. The number of benzene rings is 3. The van der Waals surface area contributed by atoms with Crippen molar-refractivity contribution in [3.05, 3.63) is 91.0 Å². The maximum atomic E-state index is 10.0. The number of nitriles is 1. The summed E-state index contributed by atoms with van der Waals surface area (Å²) in [6, 6.07) is 30.4. The molecule has 3 aromatic carbocycles. The summed E-state index contributed by atoms with van der Waals surface area (Å²) in [5, 5.41) is 13.3. The molecule has 1 radical (unpaired) electrons. The Bertz CT molecular complexity index is 754. The Morgan fingerprint density at radius 1 is 0.680 bits per heavy atom. The molecule has 0 fully saturated rings. The fourth-order valence-corrected chi connectivity index (χ4v) is 8.65. The average Bonchev–Trinajstić information content (AvgIpc) is 2.68. The molecule has 5 heteroatoms. The van der Waals surface area contributed by atoms with E-state index in [0.29, 0.717) is 0 Å². The minimum absolute atomic E-state index is 0.539. The number of nitrogens with zero attached hydrogens (tertiary/aromatic N) is 1. The lowest BCUT2D eigenvalue weighted by atomic mass is 9.82. The maximum Gasteiger partial charge on any atom is 0.237 e. The van der Waals surface area contributed by atoms with Gasteiger partial charge in [0, 0.05) is 4.74 Å². The van der Waals surface area contributed by atoms with Crippen molar-refractivity contribution in [2.45, 2.75) is 4.74 Å². The van der Waals surface area contributed by atoms with Gasteiger partial charge in [0.1, 0.15) is 0 Å². The second-order valence-corrected chi connectivity index (χ2v) is 10.4. The van der Waals surface area contributed by atoms with Crippen molar-refractivity contribution >= 4 is 52.7 Å². The van der Waals surface area contributed by atoms with E-state index >= 15 is 0 Å². The van der Waals surface area contributed by atoms with E-state index in [-0.39, 0.29) is 0 Å². The van der Waals surface area contributed by atoms with Gasteiger partial charge >= 0.3 is 0 Å². The van der Waals surface area contributed by atoms with Gasteiger partial charge in [0.05, 0.1) is 15.9 Å². The predicted octanol–water partition coefficient (Wildman–Crippen LogP) is 4.38. The first-order chi connectivity index (χ1) is 12.2. The van der Waals surface area contributed by atoms with Crippen LogP contribution >= 0.6 is 30.3 Å². The number of hydrogen-bond acceptors (Lipinski definition) is 1. The van der Waals surface area contributed by atoms with Crippen LogP contribution in [0.15, 0.2) is 91.0 Å². The van der Waals surface area contributed by atoms with Crippen molar-refractivity contribution in [1.29, 1.82) is 5.26 Å². The molecule has 0 N–H and O–H groups in total. The molecule has 0 amide bonds. The van der Waals surface area contributed by atoms with Gasteiger partial charge in [0.25, 0.3) is 0 Å². The largest absolute Gasteiger partial charge is 0.248 e. The first-order valence-electron chi connectivity index (χ1n) is 7.94. The molecule has 0 saturated carbocycles. The smallest absolute Gasteiger partial charge is 0.237 e. The lowest BCUT2D eigenvalue weighted by molar-refractivity contribution is 1.55. The van der Waals surface area contributed by atoms with Gasteiger partial charge < -0.3 is 0 Å². The van der Waals surface area contributed by atoms with E-state index < -0.39 is 18.3 Å². The van der Waals surface area contributed by atoms with Crippen molar-refractivity contribution in [3.8, 4) is 5.97 Å². The zero-order chi connectivity index (χ0) is 17.7. The Labute approximate surface area is 159 Å². The Hall–Kier alpha value is -1.78. The molecule has 0 heterocycles. The molecule has 0 atom stereocenters. The van der Waals surface area contributed by atoms with E-state index in [1.165, 1.54) is 0 Å². The van der Waals surface area contributed by atoms with Crippen LogP contribution in [0.1, 0.15) is 0 Å². The van der Waals surface area contributed by atoms with E-state index in [9.17, 15) is 5.26 Å². The van der Waals surface area contributed by atoms with Crippen LogP contribution in [0.5, 0.6) is 0 Å². The van der Waals surface area contributed by atoms with E-state index in [2.05, 4.69) is 42.4 Å². The third kappa shape index (κ3) is 3.33. The molecule has 0 saturated heterocycles. The molecule has 25 heavy (non-hydrogen) atoms. The average molecular weight is 383 g/mol. The van der Waals surface area contributed by atoms with Gasteiger partial charge in [-0.15, -0.1) is 29.2 Å². The van der Waals surface area contributed by atoms with E-state index in [4.69, 9.17) is 23.2 Å². The Morgan fingerprint density at radius 3 is 1.24 bits per heavy atom. The van der Waals surface area contributed by atoms with Crippen LogP contribution < -0.4 is 15.9 Å². The van der Waals surface area contributed by atoms with Gasteiger partial charge in [0.15, 0.2) is 0 Å². The number of hydrogen-bond donors (Lipinski definition) is 0. The zero-order valence-electron chi connectivity index (χ0n) is 13.5. The topological polar surface area (TPSA) is 23.8 Å². The molecule has 3 rings (SSSR count). The van der Waals surface area contributed by atoms with Crippen LogP contribution in [-0.4, -0.2) is 11.2 Å². The maximum absolute atomic E-state index is 10.0. The van der Waals surface area contributed by atoms with Gasteiger partial charge in [-0.3, -0.25) is 0 Å². The molecule has 0 aliphatic rings. The van der Waals surface area contributed by atoms with Gasteiger partial charge in [-0.1, -0.05) is 61.7 Å². The van der Waals surface area contributed by atoms with Crippen LogP contribution in [0.3, 0.4) is 0 Å². The second-order valence-electron chi connectivity index (χ2n) is 5.64. The van der Waals surface area contributed by atoms with Crippen molar-refractivity contribution in [2.24, 2.45) is 0 Å². The number of rotatable bonds is 5. The van der Waals surface area contributed by atoms with Crippen molar-refractivity contribution in [1.82, 2.24) is 0 Å². The molecular formula is C20H16BCl2NP. The molecular weight excluding hydrogens is 367 g/mol. The fourth-order valence-electron chi connectivity index (χ4n) is 3.23. The van der Waals surface area contributed by atoms with E-state index in [1.54, 1.807) is 0 Å². The molecule has 0 aliphatic heterocycles.